The van der Waals surface area contributed by atoms with E-state index in [1.807, 2.05) is 0 Å². The third kappa shape index (κ3) is 4.88. The Morgan fingerprint density at radius 3 is 2.76 bits per heavy atom. The van der Waals surface area contributed by atoms with Gasteiger partial charge in [-0.05, 0) is 37.6 Å². The van der Waals surface area contributed by atoms with Gasteiger partial charge in [-0.25, -0.2) is 4.98 Å². The molecule has 2 aromatic rings. The van der Waals surface area contributed by atoms with Crippen LogP contribution in [0.4, 0.5) is 0 Å². The van der Waals surface area contributed by atoms with Crippen LogP contribution in [0.5, 0.6) is 0 Å². The van der Waals surface area contributed by atoms with Gasteiger partial charge in [-0.1, -0.05) is 28.1 Å². The number of aromatic nitrogens is 1. The number of rotatable bonds is 7. The Balaban J connectivity index is 1.49. The molecule has 0 radical (unpaired) electrons. The molecule has 1 heterocycles. The molecule has 0 saturated heterocycles. The molecule has 1 aliphatic carbocycles. The lowest BCUT2D eigenvalue weighted by Gasteiger charge is -2.15. The van der Waals surface area contributed by atoms with Crippen molar-refractivity contribution in [3.05, 3.63) is 50.4 Å². The Morgan fingerprint density at radius 1 is 1.29 bits per heavy atom. The summed E-state index contributed by atoms with van der Waals surface area (Å²) >= 11 is 5.23. The molecule has 0 spiro atoms. The van der Waals surface area contributed by atoms with Gasteiger partial charge in [0.25, 0.3) is 0 Å². The molecule has 1 saturated carbocycles. The van der Waals surface area contributed by atoms with Crippen molar-refractivity contribution in [2.45, 2.75) is 38.5 Å². The molecule has 1 aromatic carbocycles. The van der Waals surface area contributed by atoms with Crippen molar-refractivity contribution in [3.8, 4) is 0 Å². The van der Waals surface area contributed by atoms with Crippen LogP contribution in [0.25, 0.3) is 0 Å². The minimum absolute atomic E-state index is 0.748. The number of nitrogens with zero attached hydrogens (tertiary/aromatic N) is 2. The summed E-state index contributed by atoms with van der Waals surface area (Å²) < 4.78 is 1.13. The van der Waals surface area contributed by atoms with Crippen molar-refractivity contribution < 1.29 is 0 Å². The van der Waals surface area contributed by atoms with Gasteiger partial charge in [-0.15, -0.1) is 11.3 Å². The summed E-state index contributed by atoms with van der Waals surface area (Å²) in [7, 11) is 2.14. The van der Waals surface area contributed by atoms with Crippen LogP contribution in [-0.4, -0.2) is 23.0 Å². The minimum Gasteiger partial charge on any atom is -0.308 e. The van der Waals surface area contributed by atoms with E-state index in [4.69, 9.17) is 4.98 Å². The molecule has 1 fully saturated rings. The standard InChI is InChI=1S/C16H20BrN3S/c1-20(9-12-2-4-13(17)5-3-12)10-15-11-21-16(19-15)8-18-14-6-7-14/h2-5,11,14,18H,6-10H2,1H3. The van der Waals surface area contributed by atoms with Gasteiger partial charge in [-0.2, -0.15) is 0 Å². The summed E-state index contributed by atoms with van der Waals surface area (Å²) in [5.41, 5.74) is 2.50. The van der Waals surface area contributed by atoms with E-state index in [2.05, 4.69) is 62.8 Å². The quantitative estimate of drug-likeness (QED) is 0.808. The van der Waals surface area contributed by atoms with Gasteiger partial charge in [0.05, 0.1) is 5.69 Å². The molecule has 1 aromatic heterocycles. The van der Waals surface area contributed by atoms with E-state index in [0.29, 0.717) is 0 Å². The van der Waals surface area contributed by atoms with Crippen LogP contribution in [0.3, 0.4) is 0 Å². The van der Waals surface area contributed by atoms with E-state index in [1.165, 1.54) is 29.1 Å². The third-order valence-electron chi connectivity index (χ3n) is 3.52. The predicted octanol–water partition coefficient (Wildman–Crippen LogP) is 3.79. The van der Waals surface area contributed by atoms with Crippen LogP contribution in [0.15, 0.2) is 34.1 Å². The van der Waals surface area contributed by atoms with Gasteiger partial charge in [0, 0.05) is 35.5 Å². The zero-order valence-electron chi connectivity index (χ0n) is 12.2. The molecule has 112 valence electrons. The van der Waals surface area contributed by atoms with Gasteiger partial charge in [-0.3, -0.25) is 4.90 Å². The van der Waals surface area contributed by atoms with E-state index in [1.54, 1.807) is 11.3 Å². The van der Waals surface area contributed by atoms with Crippen molar-refractivity contribution in [1.29, 1.82) is 0 Å². The lowest BCUT2D eigenvalue weighted by Crippen LogP contribution is -2.18. The first kappa shape index (κ1) is 15.2. The molecular weight excluding hydrogens is 346 g/mol. The first-order chi connectivity index (χ1) is 10.2. The molecule has 0 amide bonds. The van der Waals surface area contributed by atoms with E-state index in [9.17, 15) is 0 Å². The largest absolute Gasteiger partial charge is 0.308 e. The molecule has 5 heteroatoms. The van der Waals surface area contributed by atoms with Crippen molar-refractivity contribution in [1.82, 2.24) is 15.2 Å². The van der Waals surface area contributed by atoms with Gasteiger partial charge < -0.3 is 5.32 Å². The van der Waals surface area contributed by atoms with Crippen LogP contribution in [-0.2, 0) is 19.6 Å². The average molecular weight is 366 g/mol. The Hall–Kier alpha value is -0.750. The van der Waals surface area contributed by atoms with Gasteiger partial charge in [0.15, 0.2) is 0 Å². The number of hydrogen-bond donors (Lipinski definition) is 1. The Labute approximate surface area is 138 Å². The van der Waals surface area contributed by atoms with Crippen molar-refractivity contribution >= 4 is 27.3 Å². The fourth-order valence-electron chi connectivity index (χ4n) is 2.26. The van der Waals surface area contributed by atoms with Crippen LogP contribution < -0.4 is 5.32 Å². The monoisotopic (exact) mass is 365 g/mol. The highest BCUT2D eigenvalue weighted by Gasteiger charge is 2.20. The topological polar surface area (TPSA) is 28.2 Å². The Bertz CT molecular complexity index is 577. The second-order valence-corrected chi connectivity index (χ2v) is 7.54. The molecule has 0 bridgehead atoms. The molecule has 1 aliphatic rings. The number of halogens is 1. The van der Waals surface area contributed by atoms with E-state index < -0.39 is 0 Å². The lowest BCUT2D eigenvalue weighted by atomic mass is 10.2. The lowest BCUT2D eigenvalue weighted by molar-refractivity contribution is 0.315. The average Bonchev–Trinajstić information content (AvgIpc) is 3.19. The smallest absolute Gasteiger partial charge is 0.107 e. The molecular formula is C16H20BrN3S. The first-order valence-electron chi connectivity index (χ1n) is 7.29. The summed E-state index contributed by atoms with van der Waals surface area (Å²) in [5, 5.41) is 6.90. The fraction of sp³-hybridized carbons (Fsp3) is 0.438. The zero-order chi connectivity index (χ0) is 14.7. The van der Waals surface area contributed by atoms with Crippen molar-refractivity contribution in [3.63, 3.8) is 0 Å². The molecule has 0 aliphatic heterocycles. The SMILES string of the molecule is CN(Cc1ccc(Br)cc1)Cc1csc(CNC2CC2)n1. The number of hydrogen-bond acceptors (Lipinski definition) is 4. The number of benzene rings is 1. The maximum Gasteiger partial charge on any atom is 0.107 e. The van der Waals surface area contributed by atoms with Crippen molar-refractivity contribution in [2.75, 3.05) is 7.05 Å². The number of nitrogens with one attached hydrogen (secondary N) is 1. The normalized spacial score (nSPS) is 14.8. The summed E-state index contributed by atoms with van der Waals surface area (Å²) in [6.45, 7) is 2.77. The van der Waals surface area contributed by atoms with Gasteiger partial charge in [0.1, 0.15) is 5.01 Å². The third-order valence-corrected chi connectivity index (χ3v) is 4.94. The Kier molecular flexibility index (Phi) is 5.06. The van der Waals surface area contributed by atoms with Gasteiger partial charge >= 0.3 is 0 Å². The second-order valence-electron chi connectivity index (χ2n) is 5.69. The fourth-order valence-corrected chi connectivity index (χ4v) is 3.26. The molecule has 0 atom stereocenters. The molecule has 21 heavy (non-hydrogen) atoms. The predicted molar refractivity (Wildman–Crippen MR) is 91.3 cm³/mol. The minimum atomic E-state index is 0.748. The Morgan fingerprint density at radius 2 is 2.05 bits per heavy atom. The van der Waals surface area contributed by atoms with Gasteiger partial charge in [0.2, 0.25) is 0 Å². The summed E-state index contributed by atoms with van der Waals surface area (Å²) in [5.74, 6) is 0. The van der Waals surface area contributed by atoms with E-state index >= 15 is 0 Å². The maximum absolute atomic E-state index is 4.71. The van der Waals surface area contributed by atoms with Crippen LogP contribution in [0.2, 0.25) is 0 Å². The second kappa shape index (κ2) is 7.01. The van der Waals surface area contributed by atoms with E-state index in [0.717, 1.165) is 30.1 Å². The highest BCUT2D eigenvalue weighted by Crippen LogP contribution is 2.20. The van der Waals surface area contributed by atoms with Crippen LogP contribution in [0, 0.1) is 0 Å². The number of thiazole rings is 1. The molecule has 3 rings (SSSR count). The zero-order valence-corrected chi connectivity index (χ0v) is 14.6. The summed E-state index contributed by atoms with van der Waals surface area (Å²) in [4.78, 5) is 7.01. The maximum atomic E-state index is 4.71. The van der Waals surface area contributed by atoms with E-state index in [-0.39, 0.29) is 0 Å². The molecule has 3 nitrogen and oxygen atoms in total. The van der Waals surface area contributed by atoms with Crippen molar-refractivity contribution in [2.24, 2.45) is 0 Å². The summed E-state index contributed by atoms with van der Waals surface area (Å²) in [6.07, 6.45) is 2.66. The van der Waals surface area contributed by atoms with Crippen LogP contribution in [0.1, 0.15) is 29.1 Å². The first-order valence-corrected chi connectivity index (χ1v) is 8.96. The summed E-state index contributed by atoms with van der Waals surface area (Å²) in [6, 6.07) is 9.25. The molecule has 0 unspecified atom stereocenters. The van der Waals surface area contributed by atoms with Crippen LogP contribution >= 0.6 is 27.3 Å². The highest BCUT2D eigenvalue weighted by atomic mass is 79.9. The highest BCUT2D eigenvalue weighted by molar-refractivity contribution is 9.10. The molecule has 1 N–H and O–H groups in total.